The second-order valence-electron chi connectivity index (χ2n) is 7.35. The van der Waals surface area contributed by atoms with Crippen molar-refractivity contribution in [2.24, 2.45) is 17.6 Å². The van der Waals surface area contributed by atoms with Crippen molar-refractivity contribution in [3.05, 3.63) is 35.9 Å². The summed E-state index contributed by atoms with van der Waals surface area (Å²) >= 11 is 0. The highest BCUT2D eigenvalue weighted by Gasteiger charge is 2.31. The lowest BCUT2D eigenvalue weighted by Crippen LogP contribution is -2.51. The zero-order valence-electron chi connectivity index (χ0n) is 15.2. The van der Waals surface area contributed by atoms with Gasteiger partial charge in [-0.25, -0.2) is 4.79 Å². The molecule has 1 aromatic carbocycles. The number of rotatable bonds is 8. The smallest absolute Gasteiger partial charge is 0.328 e. The number of esters is 1. The van der Waals surface area contributed by atoms with Crippen LogP contribution < -0.4 is 11.1 Å². The Labute approximate surface area is 150 Å². The van der Waals surface area contributed by atoms with Crippen molar-refractivity contribution in [3.63, 3.8) is 0 Å². The van der Waals surface area contributed by atoms with E-state index in [0.29, 0.717) is 6.42 Å². The highest BCUT2D eigenvalue weighted by molar-refractivity contribution is 5.87. The molecule has 2 atom stereocenters. The average Bonchev–Trinajstić information content (AvgIpc) is 3.13. The fraction of sp³-hybridized carbons (Fsp3) is 0.600. The van der Waals surface area contributed by atoms with Gasteiger partial charge in [-0.3, -0.25) is 4.79 Å². The summed E-state index contributed by atoms with van der Waals surface area (Å²) in [5.41, 5.74) is 7.03. The first-order valence-corrected chi connectivity index (χ1v) is 9.24. The Balaban J connectivity index is 1.92. The Bertz CT molecular complexity index is 553. The summed E-state index contributed by atoms with van der Waals surface area (Å²) in [6, 6.07) is 8.33. The van der Waals surface area contributed by atoms with Gasteiger partial charge in [-0.1, -0.05) is 57.0 Å². The van der Waals surface area contributed by atoms with Crippen LogP contribution in [0.5, 0.6) is 0 Å². The van der Waals surface area contributed by atoms with Crippen molar-refractivity contribution in [2.75, 3.05) is 0 Å². The minimum Gasteiger partial charge on any atom is -0.459 e. The van der Waals surface area contributed by atoms with E-state index in [9.17, 15) is 9.59 Å². The molecule has 25 heavy (non-hydrogen) atoms. The van der Waals surface area contributed by atoms with Crippen molar-refractivity contribution >= 4 is 11.9 Å². The van der Waals surface area contributed by atoms with E-state index in [2.05, 4.69) is 5.32 Å². The minimum absolute atomic E-state index is 0.207. The van der Waals surface area contributed by atoms with E-state index >= 15 is 0 Å². The van der Waals surface area contributed by atoms with Gasteiger partial charge in [0, 0.05) is 0 Å². The summed E-state index contributed by atoms with van der Waals surface area (Å²) in [4.78, 5) is 24.9. The molecule has 1 aliphatic carbocycles. The number of hydrogen-bond donors (Lipinski definition) is 2. The molecule has 1 aliphatic rings. The second-order valence-corrected chi connectivity index (χ2v) is 7.35. The molecule has 5 nitrogen and oxygen atoms in total. The lowest BCUT2D eigenvalue weighted by Gasteiger charge is -2.23. The lowest BCUT2D eigenvalue weighted by molar-refractivity contribution is -0.149. The maximum atomic E-state index is 12.5. The Morgan fingerprint density at radius 1 is 1.20 bits per heavy atom. The molecule has 0 heterocycles. The van der Waals surface area contributed by atoms with Crippen LogP contribution in [0.4, 0.5) is 0 Å². The van der Waals surface area contributed by atoms with E-state index in [4.69, 9.17) is 10.5 Å². The number of nitrogens with one attached hydrogen (secondary N) is 1. The van der Waals surface area contributed by atoms with Crippen molar-refractivity contribution in [2.45, 2.75) is 64.6 Å². The molecule has 0 radical (unpaired) electrons. The van der Waals surface area contributed by atoms with Gasteiger partial charge in [-0.05, 0) is 36.7 Å². The molecule has 2 rings (SSSR count). The van der Waals surface area contributed by atoms with Crippen LogP contribution in [0.25, 0.3) is 0 Å². The highest BCUT2D eigenvalue weighted by Crippen LogP contribution is 2.27. The summed E-state index contributed by atoms with van der Waals surface area (Å²) in [5.74, 6) is -0.156. The molecule has 3 N–H and O–H groups in total. The van der Waals surface area contributed by atoms with Gasteiger partial charge < -0.3 is 15.8 Å². The molecular formula is C20H30N2O3. The number of carbonyl (C=O) groups excluding carboxylic acids is 2. The number of hydrogen-bond acceptors (Lipinski definition) is 4. The Hall–Kier alpha value is -1.88. The van der Waals surface area contributed by atoms with E-state index in [1.54, 1.807) is 0 Å². The van der Waals surface area contributed by atoms with Crippen LogP contribution in [0.2, 0.25) is 0 Å². The molecule has 1 saturated carbocycles. The minimum atomic E-state index is -0.649. The van der Waals surface area contributed by atoms with Crippen molar-refractivity contribution < 1.29 is 14.3 Å². The molecule has 0 spiro atoms. The average molecular weight is 346 g/mol. The van der Waals surface area contributed by atoms with Gasteiger partial charge in [0.15, 0.2) is 0 Å². The predicted octanol–water partition coefficient (Wildman–Crippen LogP) is 2.78. The van der Waals surface area contributed by atoms with E-state index in [1.807, 2.05) is 44.2 Å². The number of benzene rings is 1. The van der Waals surface area contributed by atoms with Crippen molar-refractivity contribution in [3.8, 4) is 0 Å². The van der Waals surface area contributed by atoms with Crippen LogP contribution in [0, 0.1) is 11.8 Å². The third-order valence-corrected chi connectivity index (χ3v) is 4.74. The third kappa shape index (κ3) is 6.16. The van der Waals surface area contributed by atoms with Gasteiger partial charge in [0.05, 0.1) is 6.04 Å². The molecule has 0 saturated heterocycles. The lowest BCUT2D eigenvalue weighted by atomic mass is 9.97. The topological polar surface area (TPSA) is 81.4 Å². The molecule has 138 valence electrons. The van der Waals surface area contributed by atoms with Crippen LogP contribution in [0.1, 0.15) is 51.5 Å². The van der Waals surface area contributed by atoms with Gasteiger partial charge in [-0.2, -0.15) is 0 Å². The number of ether oxygens (including phenoxy) is 1. The van der Waals surface area contributed by atoms with Gasteiger partial charge in [0.1, 0.15) is 12.6 Å². The summed E-state index contributed by atoms with van der Waals surface area (Å²) in [5, 5.41) is 2.82. The Kier molecular flexibility index (Phi) is 7.44. The van der Waals surface area contributed by atoms with Crippen molar-refractivity contribution in [1.82, 2.24) is 5.32 Å². The molecule has 0 aromatic heterocycles. The first kappa shape index (κ1) is 19.4. The Morgan fingerprint density at radius 3 is 2.44 bits per heavy atom. The first-order valence-electron chi connectivity index (χ1n) is 9.24. The monoisotopic (exact) mass is 346 g/mol. The van der Waals surface area contributed by atoms with Crippen LogP contribution in [-0.4, -0.2) is 24.0 Å². The molecule has 0 aliphatic heterocycles. The number of amides is 1. The second kappa shape index (κ2) is 9.56. The molecular weight excluding hydrogens is 316 g/mol. The summed E-state index contributed by atoms with van der Waals surface area (Å²) < 4.78 is 5.40. The normalized spacial score (nSPS) is 17.3. The maximum absolute atomic E-state index is 12.5. The molecule has 1 fully saturated rings. The Morgan fingerprint density at radius 2 is 1.84 bits per heavy atom. The third-order valence-electron chi connectivity index (χ3n) is 4.74. The predicted molar refractivity (Wildman–Crippen MR) is 97.6 cm³/mol. The summed E-state index contributed by atoms with van der Waals surface area (Å²) in [7, 11) is 0. The fourth-order valence-electron chi connectivity index (χ4n) is 3.31. The first-order chi connectivity index (χ1) is 12.0. The molecule has 1 amide bonds. The molecule has 0 unspecified atom stereocenters. The van der Waals surface area contributed by atoms with Gasteiger partial charge in [0.25, 0.3) is 0 Å². The van der Waals surface area contributed by atoms with Crippen LogP contribution >= 0.6 is 0 Å². The van der Waals surface area contributed by atoms with Gasteiger partial charge in [0.2, 0.25) is 5.91 Å². The SMILES string of the molecule is CC(C)C[C@H](NC(=O)[C@H](N)C1CCCC1)C(=O)OCc1ccccc1. The highest BCUT2D eigenvalue weighted by atomic mass is 16.5. The van der Waals surface area contributed by atoms with Crippen LogP contribution in [0.15, 0.2) is 30.3 Å². The molecule has 0 bridgehead atoms. The fourth-order valence-corrected chi connectivity index (χ4v) is 3.31. The van der Waals surface area contributed by atoms with E-state index in [0.717, 1.165) is 31.2 Å². The zero-order chi connectivity index (χ0) is 18.2. The summed E-state index contributed by atoms with van der Waals surface area (Å²) in [6.45, 7) is 4.24. The summed E-state index contributed by atoms with van der Waals surface area (Å²) in [6.07, 6.45) is 4.76. The largest absolute Gasteiger partial charge is 0.459 e. The van der Waals surface area contributed by atoms with E-state index in [1.165, 1.54) is 0 Å². The molecule has 1 aromatic rings. The van der Waals surface area contributed by atoms with Gasteiger partial charge in [-0.15, -0.1) is 0 Å². The van der Waals surface area contributed by atoms with Crippen molar-refractivity contribution in [1.29, 1.82) is 0 Å². The van der Waals surface area contributed by atoms with Crippen LogP contribution in [-0.2, 0) is 20.9 Å². The number of carbonyl (C=O) groups is 2. The van der Waals surface area contributed by atoms with Gasteiger partial charge >= 0.3 is 5.97 Å². The maximum Gasteiger partial charge on any atom is 0.328 e. The van der Waals surface area contributed by atoms with E-state index in [-0.39, 0.29) is 24.3 Å². The zero-order valence-corrected chi connectivity index (χ0v) is 15.2. The standard InChI is InChI=1S/C20H30N2O3/c1-14(2)12-17(20(24)25-13-15-8-4-3-5-9-15)22-19(23)18(21)16-10-6-7-11-16/h3-5,8-9,14,16-18H,6-7,10-13,21H2,1-2H3,(H,22,23)/t17-,18+/m0/s1. The number of nitrogens with two attached hydrogens (primary N) is 1. The van der Waals surface area contributed by atoms with Crippen LogP contribution in [0.3, 0.4) is 0 Å². The molecule has 5 heteroatoms. The van der Waals surface area contributed by atoms with E-state index < -0.39 is 18.1 Å². The quantitative estimate of drug-likeness (QED) is 0.709.